The third-order valence-corrected chi connectivity index (χ3v) is 2.81. The van der Waals surface area contributed by atoms with Crippen LogP contribution in [0.1, 0.15) is 34.6 Å². The normalized spacial score (nSPS) is 15.2. The van der Waals surface area contributed by atoms with E-state index in [2.05, 4.69) is 34.6 Å². The summed E-state index contributed by atoms with van der Waals surface area (Å²) in [5.41, 5.74) is 5.87. The molecule has 1 heteroatoms. The first-order valence-corrected chi connectivity index (χ1v) is 3.75. The summed E-state index contributed by atoms with van der Waals surface area (Å²) in [5, 5.41) is 0. The van der Waals surface area contributed by atoms with Crippen LogP contribution in [0.3, 0.4) is 0 Å². The van der Waals surface area contributed by atoms with Gasteiger partial charge in [0.2, 0.25) is 0 Å². The van der Waals surface area contributed by atoms with Gasteiger partial charge in [-0.05, 0) is 38.8 Å². The number of hydrogen-bond donors (Lipinski definition) is 0. The van der Waals surface area contributed by atoms with Crippen molar-refractivity contribution in [3.63, 3.8) is 0 Å². The van der Waals surface area contributed by atoms with Gasteiger partial charge in [-0.2, -0.15) is 0 Å². The van der Waals surface area contributed by atoms with E-state index in [0.29, 0.717) is 0 Å². The first-order chi connectivity index (χ1) is 4.55. The molecule has 0 nitrogen and oxygen atoms in total. The zero-order chi connectivity index (χ0) is 7.89. The van der Waals surface area contributed by atoms with Gasteiger partial charge in [0.15, 0.2) is 0 Å². The van der Waals surface area contributed by atoms with E-state index in [4.69, 9.17) is 0 Å². The van der Waals surface area contributed by atoms with Gasteiger partial charge in [0.25, 0.3) is 0 Å². The summed E-state index contributed by atoms with van der Waals surface area (Å²) in [5.74, 6) is 1.47. The molecule has 0 saturated carbocycles. The minimum atomic E-state index is 0. The first kappa shape index (κ1) is 23.9. The largest absolute Gasteiger partial charge is 0.358 e. The Kier molecular flexibility index (Phi) is 14.7. The first-order valence-electron chi connectivity index (χ1n) is 3.75. The molecule has 0 aromatic rings. The summed E-state index contributed by atoms with van der Waals surface area (Å²) in [6.45, 7) is 11.0. The van der Waals surface area contributed by atoms with E-state index in [-0.39, 0.29) is 48.1 Å². The second-order valence-electron chi connectivity index (χ2n) is 3.12. The topological polar surface area (TPSA) is 0 Å². The average molecular weight is 359 g/mol. The Morgan fingerprint density at radius 3 is 0.786 bits per heavy atom. The Balaban J connectivity index is -0.000000125. The molecule has 0 spiro atoms. The van der Waals surface area contributed by atoms with Gasteiger partial charge in [-0.25, -0.2) is 0 Å². The maximum absolute atomic E-state index is 2.20. The van der Waals surface area contributed by atoms with Crippen LogP contribution in [0.5, 0.6) is 0 Å². The fraction of sp³-hybridized carbons (Fsp3) is 0.385. The molecule has 0 aromatic heterocycles. The van der Waals surface area contributed by atoms with Crippen LogP contribution < -0.4 is 0 Å². The maximum atomic E-state index is 2.20. The van der Waals surface area contributed by atoms with Crippen molar-refractivity contribution in [2.75, 3.05) is 0 Å². The van der Waals surface area contributed by atoms with Crippen molar-refractivity contribution < 1.29 is 25.8 Å². The third-order valence-electron chi connectivity index (χ3n) is 2.81. The molecule has 0 atom stereocenters. The molecule has 0 amide bonds. The molecule has 0 unspecified atom stereocenters. The molecular weight excluding hydrogens is 335 g/mol. The van der Waals surface area contributed by atoms with Gasteiger partial charge in [-0.3, -0.25) is 0 Å². The van der Waals surface area contributed by atoms with Crippen molar-refractivity contribution in [1.29, 1.82) is 0 Å². The van der Waals surface area contributed by atoms with Crippen LogP contribution in [0.25, 0.3) is 0 Å². The number of allylic oxidation sites excluding steroid dienone is 4. The Morgan fingerprint density at radius 2 is 0.714 bits per heavy atom. The fourth-order valence-corrected chi connectivity index (χ4v) is 1.41. The Bertz CT molecular complexity index is 197. The van der Waals surface area contributed by atoms with Gasteiger partial charge >= 0.3 is 0 Å². The third kappa shape index (κ3) is 3.84. The zero-order valence-electron chi connectivity index (χ0n) is 11.0. The van der Waals surface area contributed by atoms with Gasteiger partial charge in [0, 0.05) is 31.8 Å². The Hall–Kier alpha value is 0.350. The summed E-state index contributed by atoms with van der Waals surface area (Å²) in [6, 6.07) is 0. The Labute approximate surface area is 111 Å². The summed E-state index contributed by atoms with van der Waals surface area (Å²) >= 11 is 0. The second kappa shape index (κ2) is 8.64. The molecule has 1 radical (unpaired) electrons. The van der Waals surface area contributed by atoms with Gasteiger partial charge in [-0.15, -0.1) is 0 Å². The molecule has 14 heavy (non-hydrogen) atoms. The van der Waals surface area contributed by atoms with E-state index in [1.807, 2.05) is 0 Å². The van der Waals surface area contributed by atoms with Gasteiger partial charge in [0.1, 0.15) is 0 Å². The van der Waals surface area contributed by atoms with Crippen molar-refractivity contribution >= 4 is 0 Å². The van der Waals surface area contributed by atoms with Crippen molar-refractivity contribution in [3.8, 4) is 0 Å². The molecule has 0 heterocycles. The summed E-state index contributed by atoms with van der Waals surface area (Å²) < 4.78 is 0. The van der Waals surface area contributed by atoms with E-state index < -0.39 is 0 Å². The van der Waals surface area contributed by atoms with Gasteiger partial charge in [-0.1, -0.05) is 18.1 Å². The van der Waals surface area contributed by atoms with Crippen LogP contribution in [0.15, 0.2) is 22.3 Å². The molecule has 0 aliphatic heterocycles. The van der Waals surface area contributed by atoms with E-state index in [1.165, 1.54) is 28.2 Å². The second-order valence-corrected chi connectivity index (χ2v) is 3.12. The molecule has 1 aliphatic carbocycles. The van der Waals surface area contributed by atoms with Gasteiger partial charge < -0.3 is 22.3 Å². The quantitative estimate of drug-likeness (QED) is 0.438. The van der Waals surface area contributed by atoms with Crippen LogP contribution in [-0.4, -0.2) is 0 Å². The predicted octanol–water partition coefficient (Wildman–Crippen LogP) is 4.62. The molecule has 0 aromatic carbocycles. The molecule has 1 aliphatic rings. The zero-order valence-corrected chi connectivity index (χ0v) is 14.6. The maximum Gasteiger partial charge on any atom is 0.0226 e. The molecule has 0 fully saturated rings. The standard InChI is InChI=1S/C10H15.3CH3.Hf/c1-6-7(2)9(4)10(5)8(6)3;;;;/h1-5H3;3*1H3;/q;3*-1;. The molecule has 0 bridgehead atoms. The average Bonchev–Trinajstić information content (AvgIpc) is 2.07. The predicted molar refractivity (Wildman–Crippen MR) is 64.9 cm³/mol. The van der Waals surface area contributed by atoms with Crippen LogP contribution in [-0.2, 0) is 25.8 Å². The molecule has 0 saturated heterocycles. The smallest absolute Gasteiger partial charge is 0.0226 e. The fourth-order valence-electron chi connectivity index (χ4n) is 1.41. The monoisotopic (exact) mass is 360 g/mol. The minimum Gasteiger partial charge on any atom is -0.358 e. The molecule has 0 N–H and O–H groups in total. The van der Waals surface area contributed by atoms with Crippen LogP contribution >= 0.6 is 0 Å². The van der Waals surface area contributed by atoms with Crippen LogP contribution in [0.2, 0.25) is 0 Å². The molecule has 1 rings (SSSR count). The summed E-state index contributed by atoms with van der Waals surface area (Å²) in [7, 11) is 0. The van der Waals surface area contributed by atoms with Crippen LogP contribution in [0.4, 0.5) is 0 Å². The van der Waals surface area contributed by atoms with Gasteiger partial charge in [0.05, 0.1) is 0 Å². The number of rotatable bonds is 0. The SMILES string of the molecule is C[C]1C(C)=C(C)C(C)=C1C.[CH3-].[CH3-].[CH3-].[Hf]. The van der Waals surface area contributed by atoms with Crippen LogP contribution in [0, 0.1) is 28.2 Å². The summed E-state index contributed by atoms with van der Waals surface area (Å²) in [6.07, 6.45) is 0. The minimum absolute atomic E-state index is 0. The van der Waals surface area contributed by atoms with E-state index in [9.17, 15) is 0 Å². The van der Waals surface area contributed by atoms with Crippen molar-refractivity contribution in [1.82, 2.24) is 0 Å². The molecular formula is C13H24Hf-3. The Morgan fingerprint density at radius 1 is 0.500 bits per heavy atom. The van der Waals surface area contributed by atoms with E-state index in [0.717, 1.165) is 0 Å². The van der Waals surface area contributed by atoms with E-state index >= 15 is 0 Å². The van der Waals surface area contributed by atoms with Crippen molar-refractivity contribution in [3.05, 3.63) is 50.5 Å². The van der Waals surface area contributed by atoms with Crippen molar-refractivity contribution in [2.24, 2.45) is 0 Å². The summed E-state index contributed by atoms with van der Waals surface area (Å²) in [4.78, 5) is 0. The molecule has 83 valence electrons. The van der Waals surface area contributed by atoms with E-state index in [1.54, 1.807) is 0 Å². The van der Waals surface area contributed by atoms with Crippen molar-refractivity contribution in [2.45, 2.75) is 34.6 Å². The number of hydrogen-bond acceptors (Lipinski definition) is 0.